The number of pyridine rings is 1. The minimum atomic E-state index is -0.00919. The van der Waals surface area contributed by atoms with Crippen LogP contribution < -0.4 is 5.32 Å². The van der Waals surface area contributed by atoms with E-state index in [-0.39, 0.29) is 17.7 Å². The molecule has 1 N–H and O–H groups in total. The number of aryl methyl sites for hydroxylation is 1. The zero-order chi connectivity index (χ0) is 19.3. The number of amides is 2. The third kappa shape index (κ3) is 4.43. The first-order chi connectivity index (χ1) is 13.7. The molecule has 5 nitrogen and oxygen atoms in total. The number of fused-ring (bicyclic) bond motifs is 1. The van der Waals surface area contributed by atoms with E-state index >= 15 is 0 Å². The highest BCUT2D eigenvalue weighted by Gasteiger charge is 2.28. The van der Waals surface area contributed by atoms with Crippen molar-refractivity contribution in [1.29, 1.82) is 0 Å². The van der Waals surface area contributed by atoms with Gasteiger partial charge in [0.2, 0.25) is 5.91 Å². The third-order valence-corrected chi connectivity index (χ3v) is 7.00. The van der Waals surface area contributed by atoms with E-state index in [1.165, 1.54) is 23.3 Å². The number of nitrogens with zero attached hydrogens (tertiary/aromatic N) is 2. The van der Waals surface area contributed by atoms with Crippen LogP contribution in [0.5, 0.6) is 0 Å². The summed E-state index contributed by atoms with van der Waals surface area (Å²) >= 11 is 1.64. The van der Waals surface area contributed by atoms with Crippen molar-refractivity contribution < 1.29 is 9.59 Å². The molecule has 1 aliphatic carbocycles. The van der Waals surface area contributed by atoms with Gasteiger partial charge in [-0.15, -0.1) is 11.3 Å². The van der Waals surface area contributed by atoms with Gasteiger partial charge in [-0.2, -0.15) is 0 Å². The number of rotatable bonds is 4. The maximum absolute atomic E-state index is 12.9. The predicted octanol–water partition coefficient (Wildman–Crippen LogP) is 3.58. The number of carbonyl (C=O) groups is 2. The summed E-state index contributed by atoms with van der Waals surface area (Å²) < 4.78 is 0. The summed E-state index contributed by atoms with van der Waals surface area (Å²) in [5.74, 6) is 0.277. The number of nitrogens with one attached hydrogen (secondary N) is 1. The largest absolute Gasteiger partial charge is 0.352 e. The Morgan fingerprint density at radius 3 is 2.64 bits per heavy atom. The molecule has 0 radical (unpaired) electrons. The van der Waals surface area contributed by atoms with Crippen molar-refractivity contribution in [3.63, 3.8) is 0 Å². The molecular formula is C22H27N3O2S. The summed E-state index contributed by atoms with van der Waals surface area (Å²) in [5.41, 5.74) is 2.25. The van der Waals surface area contributed by atoms with E-state index < -0.39 is 0 Å². The molecule has 2 aromatic heterocycles. The lowest BCUT2D eigenvalue weighted by Gasteiger charge is -2.21. The van der Waals surface area contributed by atoms with E-state index in [1.54, 1.807) is 23.7 Å². The van der Waals surface area contributed by atoms with Crippen LogP contribution in [-0.4, -0.2) is 34.8 Å². The average Bonchev–Trinajstić information content (AvgIpc) is 2.97. The van der Waals surface area contributed by atoms with Crippen molar-refractivity contribution in [2.75, 3.05) is 13.1 Å². The van der Waals surface area contributed by atoms with Crippen LogP contribution in [0.1, 0.15) is 57.8 Å². The fourth-order valence-electron chi connectivity index (χ4n) is 4.12. The zero-order valence-corrected chi connectivity index (χ0v) is 17.0. The smallest absolute Gasteiger partial charge is 0.263 e. The monoisotopic (exact) mass is 397 g/mol. The molecule has 0 spiro atoms. The average molecular weight is 398 g/mol. The Kier molecular flexibility index (Phi) is 6.05. The number of aromatic nitrogens is 1. The molecule has 1 fully saturated rings. The Bertz CT molecular complexity index is 826. The standard InChI is InChI=1S/C22H27N3O2S/c26-21(24-15-16-7-9-23-10-8-16)17-5-6-19-18(13-17)14-20(28-19)22(27)25-11-3-1-2-4-12-25/h7-10,14,17H,1-6,11-13,15H2,(H,24,26)/t17-/m0/s1. The molecule has 4 rings (SSSR count). The molecule has 0 saturated carbocycles. The van der Waals surface area contributed by atoms with Gasteiger partial charge in [0, 0.05) is 42.8 Å². The Balaban J connectivity index is 1.37. The Morgan fingerprint density at radius 1 is 1.14 bits per heavy atom. The molecule has 2 amide bonds. The van der Waals surface area contributed by atoms with Gasteiger partial charge in [0.1, 0.15) is 0 Å². The summed E-state index contributed by atoms with van der Waals surface area (Å²) in [4.78, 5) is 33.7. The number of carbonyl (C=O) groups excluding carboxylic acids is 2. The number of likely N-dealkylation sites (tertiary alicyclic amines) is 1. The summed E-state index contributed by atoms with van der Waals surface area (Å²) in [6.07, 6.45) is 10.6. The van der Waals surface area contributed by atoms with Gasteiger partial charge in [-0.1, -0.05) is 12.8 Å². The van der Waals surface area contributed by atoms with Crippen LogP contribution in [0.3, 0.4) is 0 Å². The molecule has 1 atom stereocenters. The van der Waals surface area contributed by atoms with Crippen molar-refractivity contribution in [2.24, 2.45) is 5.92 Å². The highest BCUT2D eigenvalue weighted by molar-refractivity contribution is 7.14. The highest BCUT2D eigenvalue weighted by atomic mass is 32.1. The SMILES string of the molecule is O=C(NCc1ccncc1)[C@H]1CCc2sc(C(=O)N3CCCCCC3)cc2C1. The van der Waals surface area contributed by atoms with Crippen molar-refractivity contribution >= 4 is 23.2 Å². The molecule has 148 valence electrons. The van der Waals surface area contributed by atoms with E-state index in [0.717, 1.165) is 55.6 Å². The third-order valence-electron chi connectivity index (χ3n) is 5.77. The minimum Gasteiger partial charge on any atom is -0.352 e. The number of thiophene rings is 1. The Hall–Kier alpha value is -2.21. The predicted molar refractivity (Wildman–Crippen MR) is 110 cm³/mol. The maximum Gasteiger partial charge on any atom is 0.263 e. The lowest BCUT2D eigenvalue weighted by molar-refractivity contribution is -0.125. The molecule has 0 unspecified atom stereocenters. The van der Waals surface area contributed by atoms with Gasteiger partial charge in [0.15, 0.2) is 0 Å². The second kappa shape index (κ2) is 8.86. The van der Waals surface area contributed by atoms with Crippen LogP contribution >= 0.6 is 11.3 Å². The van der Waals surface area contributed by atoms with E-state index in [9.17, 15) is 9.59 Å². The first-order valence-electron chi connectivity index (χ1n) is 10.3. The van der Waals surface area contributed by atoms with Crippen LogP contribution in [0.15, 0.2) is 30.6 Å². The van der Waals surface area contributed by atoms with Crippen molar-refractivity contribution in [3.8, 4) is 0 Å². The molecular weight excluding hydrogens is 370 g/mol. The van der Waals surface area contributed by atoms with Gasteiger partial charge < -0.3 is 10.2 Å². The topological polar surface area (TPSA) is 62.3 Å². The normalized spacial score (nSPS) is 19.6. The summed E-state index contributed by atoms with van der Waals surface area (Å²) in [6, 6.07) is 5.88. The van der Waals surface area contributed by atoms with Gasteiger partial charge in [0.05, 0.1) is 4.88 Å². The molecule has 1 aliphatic heterocycles. The lowest BCUT2D eigenvalue weighted by atomic mass is 9.87. The highest BCUT2D eigenvalue weighted by Crippen LogP contribution is 2.33. The zero-order valence-electron chi connectivity index (χ0n) is 16.2. The van der Waals surface area contributed by atoms with E-state index in [0.29, 0.717) is 6.54 Å². The molecule has 2 aliphatic rings. The van der Waals surface area contributed by atoms with E-state index in [1.807, 2.05) is 17.0 Å². The summed E-state index contributed by atoms with van der Waals surface area (Å²) in [6.45, 7) is 2.29. The fourth-order valence-corrected chi connectivity index (χ4v) is 5.29. The van der Waals surface area contributed by atoms with Crippen LogP contribution in [0, 0.1) is 5.92 Å². The molecule has 1 saturated heterocycles. The number of hydrogen-bond donors (Lipinski definition) is 1. The molecule has 0 aromatic carbocycles. The lowest BCUT2D eigenvalue weighted by Crippen LogP contribution is -2.33. The maximum atomic E-state index is 12.9. The van der Waals surface area contributed by atoms with Crippen molar-refractivity contribution in [3.05, 3.63) is 51.5 Å². The van der Waals surface area contributed by atoms with Gasteiger partial charge in [-0.05, 0) is 61.4 Å². The molecule has 28 heavy (non-hydrogen) atoms. The second-order valence-corrected chi connectivity index (χ2v) is 8.92. The molecule has 2 aromatic rings. The minimum absolute atomic E-state index is 0.00919. The Labute approximate surface area is 170 Å². The first kappa shape index (κ1) is 19.1. The van der Waals surface area contributed by atoms with E-state index in [4.69, 9.17) is 0 Å². The van der Waals surface area contributed by atoms with E-state index in [2.05, 4.69) is 16.4 Å². The van der Waals surface area contributed by atoms with Gasteiger partial charge in [0.25, 0.3) is 5.91 Å². The van der Waals surface area contributed by atoms with Crippen molar-refractivity contribution in [2.45, 2.75) is 51.5 Å². The van der Waals surface area contributed by atoms with Gasteiger partial charge >= 0.3 is 0 Å². The van der Waals surface area contributed by atoms with Crippen LogP contribution in [0.25, 0.3) is 0 Å². The van der Waals surface area contributed by atoms with Crippen LogP contribution in [0.2, 0.25) is 0 Å². The summed E-state index contributed by atoms with van der Waals surface area (Å²) in [5, 5.41) is 3.05. The molecule has 0 bridgehead atoms. The number of hydrogen-bond acceptors (Lipinski definition) is 4. The summed E-state index contributed by atoms with van der Waals surface area (Å²) in [7, 11) is 0. The van der Waals surface area contributed by atoms with Crippen LogP contribution in [0.4, 0.5) is 0 Å². The quantitative estimate of drug-likeness (QED) is 0.858. The Morgan fingerprint density at radius 2 is 1.89 bits per heavy atom. The first-order valence-corrected chi connectivity index (χ1v) is 11.1. The second-order valence-electron chi connectivity index (χ2n) is 7.78. The van der Waals surface area contributed by atoms with Gasteiger partial charge in [-0.3, -0.25) is 14.6 Å². The molecule has 6 heteroatoms. The van der Waals surface area contributed by atoms with Crippen LogP contribution in [-0.2, 0) is 24.2 Å². The fraction of sp³-hybridized carbons (Fsp3) is 0.500. The van der Waals surface area contributed by atoms with Gasteiger partial charge in [-0.25, -0.2) is 0 Å². The molecule has 3 heterocycles. The van der Waals surface area contributed by atoms with Crippen molar-refractivity contribution in [1.82, 2.24) is 15.2 Å².